The van der Waals surface area contributed by atoms with Gasteiger partial charge in [0.15, 0.2) is 0 Å². The van der Waals surface area contributed by atoms with Crippen LogP contribution in [0, 0.1) is 17.8 Å². The van der Waals surface area contributed by atoms with Gasteiger partial charge in [-0.2, -0.15) is 27.6 Å². The van der Waals surface area contributed by atoms with Crippen LogP contribution >= 0.6 is 11.6 Å². The van der Waals surface area contributed by atoms with Crippen molar-refractivity contribution in [2.45, 2.75) is 190 Å². The number of carboxylic acid groups (broad SMARTS) is 1. The molecule has 4 N–H and O–H groups in total. The van der Waals surface area contributed by atoms with Crippen LogP contribution in [0.5, 0.6) is 0 Å². The van der Waals surface area contributed by atoms with E-state index in [-0.39, 0.29) is 77.8 Å². The molecule has 0 aliphatic rings. The molecule has 1 aromatic rings. The lowest BCUT2D eigenvalue weighted by molar-refractivity contribution is -0.193. The van der Waals surface area contributed by atoms with E-state index in [0.717, 1.165) is 31.2 Å². The minimum Gasteiger partial charge on any atom is -0.481 e. The Morgan fingerprint density at radius 3 is 1.44 bits per heavy atom. The maximum absolute atomic E-state index is 12.5. The molecule has 1 aromatic carbocycles. The monoisotopic (exact) mass is 1070 g/mol. The summed E-state index contributed by atoms with van der Waals surface area (Å²) in [6, 6.07) is 5.12. The zero-order valence-corrected chi connectivity index (χ0v) is 47.1. The third-order valence-electron chi connectivity index (χ3n) is 7.97. The third-order valence-corrected chi connectivity index (χ3v) is 9.49. The normalized spacial score (nSPS) is 11.8. The summed E-state index contributed by atoms with van der Waals surface area (Å²) in [6.07, 6.45) is 5.69. The number of ether oxygens (including phenoxy) is 5. The second kappa shape index (κ2) is 43.0. The Morgan fingerprint density at radius 2 is 1.04 bits per heavy atom. The van der Waals surface area contributed by atoms with Crippen LogP contribution in [-0.4, -0.2) is 124 Å². The molecule has 0 spiro atoms. The van der Waals surface area contributed by atoms with E-state index in [0.29, 0.717) is 45.7 Å². The van der Waals surface area contributed by atoms with Crippen LogP contribution in [0.25, 0.3) is 0 Å². The summed E-state index contributed by atoms with van der Waals surface area (Å²) >= 11 is 5.04. The molecular formula is C50H87ClN2O18S. The number of nitrogens with one attached hydrogen (secondary N) is 1. The maximum atomic E-state index is 12.5. The second-order valence-electron chi connectivity index (χ2n) is 20.1. The topological polar surface area (TPSA) is 301 Å². The first-order valence-corrected chi connectivity index (χ1v) is 25.3. The van der Waals surface area contributed by atoms with Gasteiger partial charge in [0.2, 0.25) is 11.1 Å². The van der Waals surface area contributed by atoms with Crippen LogP contribution in [0.15, 0.2) is 29.2 Å². The molecule has 1 amide bonds. The molecule has 0 aromatic heterocycles. The van der Waals surface area contributed by atoms with Crippen LogP contribution in [-0.2, 0) is 81.1 Å². The van der Waals surface area contributed by atoms with E-state index in [1.165, 1.54) is 12.1 Å². The first kappa shape index (κ1) is 76.5. The highest BCUT2D eigenvalue weighted by Crippen LogP contribution is 2.23. The van der Waals surface area contributed by atoms with Crippen LogP contribution in [0.1, 0.15) is 160 Å². The van der Waals surface area contributed by atoms with Gasteiger partial charge < -0.3 is 39.8 Å². The van der Waals surface area contributed by atoms with E-state index >= 15 is 0 Å². The minimum absolute atomic E-state index is 0.00696. The summed E-state index contributed by atoms with van der Waals surface area (Å²) in [5.74, 6) is -1.90. The Morgan fingerprint density at radius 1 is 0.639 bits per heavy atom. The molecule has 0 saturated carbocycles. The number of hydrogen-bond acceptors (Lipinski definition) is 18. The molecular weight excluding hydrogens is 984 g/mol. The Hall–Kier alpha value is -4.43. The predicted octanol–water partition coefficient (Wildman–Crippen LogP) is 7.53. The number of carbonyl (C=O) groups excluding carboxylic acids is 8. The van der Waals surface area contributed by atoms with Crippen molar-refractivity contribution < 1.29 is 84.5 Å². The molecule has 0 saturated heterocycles. The molecule has 0 radical (unpaired) electrons. The molecule has 0 aliphatic carbocycles. The maximum Gasteiger partial charge on any atom is 0.373 e. The number of carboxylic acids is 1. The number of halogens is 1. The molecule has 0 fully saturated rings. The highest BCUT2D eigenvalue weighted by Gasteiger charge is 2.28. The Kier molecular flexibility index (Phi) is 45.7. The van der Waals surface area contributed by atoms with Crippen LogP contribution in [0.4, 0.5) is 0 Å². The summed E-state index contributed by atoms with van der Waals surface area (Å²) < 4.78 is 55.1. The lowest BCUT2D eigenvalue weighted by Gasteiger charge is -2.26. The Bertz CT molecular complexity index is 1770. The number of benzene rings is 1. The van der Waals surface area contributed by atoms with Crippen molar-refractivity contribution in [2.24, 2.45) is 16.6 Å². The van der Waals surface area contributed by atoms with Gasteiger partial charge in [-0.15, -0.1) is 0 Å². The van der Waals surface area contributed by atoms with Crippen molar-refractivity contribution in [3.8, 4) is 0 Å². The standard InChI is InChI=1S/C24H39NO7S.C12H25NO2.C6H11ClO2.C6H12O3.2CO2/c1-18-8-10-19(11-9-18)33(28,29)31-17-16-30-15-13-21(26)25-20(12-14-23(2,3)4)22(27)32-24(5,6)7;1-11(2,3)8-7-9(13)10(14)15-12(4,5)6;2*1-2-4-9-5-3-6(7)8;2*2-1-3/h8-11,20H,12-17H2,1-7H3,(H,25,26);9H,7-8,13H2,1-6H3;2-5H2,1H3;2-5H2,1H3,(H,7,8);;/t20-;9-;;;;/m00..../s1. The number of aliphatic carboxylic acids is 1. The van der Waals surface area contributed by atoms with Crippen molar-refractivity contribution in [1.82, 2.24) is 5.32 Å². The number of rotatable bonds is 25. The molecule has 0 unspecified atom stereocenters. The number of carbonyl (C=O) groups is 5. The first-order chi connectivity index (χ1) is 33.0. The van der Waals surface area contributed by atoms with Gasteiger partial charge in [0.25, 0.3) is 10.1 Å². The van der Waals surface area contributed by atoms with Crippen LogP contribution < -0.4 is 11.1 Å². The largest absolute Gasteiger partial charge is 0.481 e. The van der Waals surface area contributed by atoms with Crippen molar-refractivity contribution in [1.29, 1.82) is 0 Å². The summed E-state index contributed by atoms with van der Waals surface area (Å²) in [4.78, 5) is 88.9. The Labute approximate surface area is 433 Å². The van der Waals surface area contributed by atoms with Crippen molar-refractivity contribution in [3.63, 3.8) is 0 Å². The van der Waals surface area contributed by atoms with E-state index in [2.05, 4.69) is 46.9 Å². The second-order valence-corrected chi connectivity index (χ2v) is 22.1. The van der Waals surface area contributed by atoms with Gasteiger partial charge in [-0.1, -0.05) is 73.1 Å². The Balaban J connectivity index is -0.000000313. The fourth-order valence-electron chi connectivity index (χ4n) is 4.60. The molecule has 1 rings (SSSR count). The van der Waals surface area contributed by atoms with Crippen molar-refractivity contribution in [2.75, 3.05) is 46.2 Å². The average Bonchev–Trinajstić information content (AvgIpc) is 3.22. The predicted molar refractivity (Wildman–Crippen MR) is 269 cm³/mol. The van der Waals surface area contributed by atoms with E-state index in [1.54, 1.807) is 32.9 Å². The smallest absolute Gasteiger partial charge is 0.373 e. The van der Waals surface area contributed by atoms with E-state index in [4.69, 9.17) is 69.5 Å². The van der Waals surface area contributed by atoms with Crippen molar-refractivity contribution in [3.05, 3.63) is 29.8 Å². The molecule has 0 heterocycles. The minimum atomic E-state index is -3.85. The summed E-state index contributed by atoms with van der Waals surface area (Å²) in [7, 11) is -3.85. The fourth-order valence-corrected chi connectivity index (χ4v) is 5.57. The number of nitrogens with two attached hydrogens (primary N) is 1. The van der Waals surface area contributed by atoms with Gasteiger partial charge in [0.05, 0.1) is 44.4 Å². The molecule has 418 valence electrons. The molecule has 0 aliphatic heterocycles. The van der Waals surface area contributed by atoms with Gasteiger partial charge in [-0.05, 0) is 122 Å². The number of aryl methyl sites for hydroxylation is 1. The van der Waals surface area contributed by atoms with E-state index < -0.39 is 45.3 Å². The summed E-state index contributed by atoms with van der Waals surface area (Å²) in [6.45, 7) is 31.4. The SMILES string of the molecule is CC(C)(C)CC[C@H](N)C(=O)OC(C)(C)C.CCCOCCC(=O)Cl.CCCOCCC(=O)O.Cc1ccc(S(=O)(=O)OCCOCCC(=O)N[C@@H](CCC(C)(C)C)C(=O)OC(C)(C)C)cc1.O=C=O.O=C=O. The highest BCUT2D eigenvalue weighted by atomic mass is 35.5. The van der Waals surface area contributed by atoms with E-state index in [1.807, 2.05) is 41.5 Å². The van der Waals surface area contributed by atoms with Crippen LogP contribution in [0.2, 0.25) is 0 Å². The molecule has 2 atom stereocenters. The number of esters is 2. The van der Waals surface area contributed by atoms with Crippen LogP contribution in [0.3, 0.4) is 0 Å². The molecule has 20 nitrogen and oxygen atoms in total. The van der Waals surface area contributed by atoms with Gasteiger partial charge >= 0.3 is 30.2 Å². The first-order valence-electron chi connectivity index (χ1n) is 23.6. The summed E-state index contributed by atoms with van der Waals surface area (Å²) in [5, 5.41) is 10.5. The third kappa shape index (κ3) is 59.9. The quantitative estimate of drug-likeness (QED) is 0.0369. The van der Waals surface area contributed by atoms with Gasteiger partial charge in [-0.25, -0.2) is 4.79 Å². The molecule has 0 bridgehead atoms. The average molecular weight is 1070 g/mol. The fraction of sp³-hybridized carbons (Fsp3) is 0.740. The van der Waals surface area contributed by atoms with Gasteiger partial charge in [0, 0.05) is 26.1 Å². The zero-order chi connectivity index (χ0) is 57.2. The lowest BCUT2D eigenvalue weighted by Crippen LogP contribution is -2.44. The molecule has 72 heavy (non-hydrogen) atoms. The van der Waals surface area contributed by atoms with E-state index in [9.17, 15) is 32.4 Å². The summed E-state index contributed by atoms with van der Waals surface area (Å²) in [5.41, 5.74) is 5.82. The molecule has 22 heteroatoms. The van der Waals surface area contributed by atoms with Gasteiger partial charge in [0.1, 0.15) is 23.3 Å². The number of amides is 1. The zero-order valence-electron chi connectivity index (χ0n) is 45.5. The highest BCUT2D eigenvalue weighted by molar-refractivity contribution is 7.86. The van der Waals surface area contributed by atoms with Crippen molar-refractivity contribution >= 4 is 63.1 Å². The lowest BCUT2D eigenvalue weighted by atomic mass is 9.88. The van der Waals surface area contributed by atoms with Gasteiger partial charge in [-0.3, -0.25) is 23.4 Å². The number of hydrogen-bond donors (Lipinski definition) is 3.